The number of benzene rings is 1. The Morgan fingerprint density at radius 2 is 1.76 bits per heavy atom. The molecule has 2 rings (SSSR count). The molecule has 0 saturated carbocycles. The average molecular weight is 370 g/mol. The maximum atomic E-state index is 9.10. The lowest BCUT2D eigenvalue weighted by Crippen LogP contribution is -2.37. The Hall–Kier alpha value is -1.61. The molecule has 8 heteroatoms. The van der Waals surface area contributed by atoms with E-state index in [1.807, 2.05) is 0 Å². The zero-order chi connectivity index (χ0) is 18.5. The van der Waals surface area contributed by atoms with Gasteiger partial charge in [0, 0.05) is 24.5 Å². The highest BCUT2D eigenvalue weighted by atomic mass is 32.2. The molecule has 0 amide bonds. The summed E-state index contributed by atoms with van der Waals surface area (Å²) in [7, 11) is 0. The summed E-state index contributed by atoms with van der Waals surface area (Å²) in [5, 5.41) is 18.3. The number of aliphatic carboxylic acids is 2. The van der Waals surface area contributed by atoms with Crippen LogP contribution in [-0.2, 0) is 20.9 Å². The van der Waals surface area contributed by atoms with Gasteiger partial charge in [0.05, 0.1) is 13.2 Å². The van der Waals surface area contributed by atoms with Crippen molar-refractivity contribution in [3.8, 4) is 0 Å². The fourth-order valence-corrected chi connectivity index (χ4v) is 2.64. The van der Waals surface area contributed by atoms with Crippen molar-refractivity contribution >= 4 is 23.7 Å². The van der Waals surface area contributed by atoms with E-state index < -0.39 is 11.9 Å². The fourth-order valence-electron chi connectivity index (χ4n) is 2.23. The lowest BCUT2D eigenvalue weighted by atomic mass is 10.2. The number of carboxylic acids is 2. The number of morpholine rings is 1. The number of carbonyl (C=O) groups is 2. The minimum atomic E-state index is -1.82. The highest BCUT2D eigenvalue weighted by molar-refractivity contribution is 7.98. The third kappa shape index (κ3) is 10.1. The number of rotatable bonds is 7. The van der Waals surface area contributed by atoms with E-state index in [0.717, 1.165) is 39.4 Å². The van der Waals surface area contributed by atoms with Crippen LogP contribution in [0.1, 0.15) is 12.0 Å². The van der Waals surface area contributed by atoms with Crippen molar-refractivity contribution in [1.29, 1.82) is 0 Å². The highest BCUT2D eigenvalue weighted by Crippen LogP contribution is 2.14. The molecule has 1 heterocycles. The fraction of sp³-hybridized carbons (Fsp3) is 0.529. The molecule has 25 heavy (non-hydrogen) atoms. The van der Waals surface area contributed by atoms with Gasteiger partial charge < -0.3 is 20.3 Å². The summed E-state index contributed by atoms with van der Waals surface area (Å²) in [4.78, 5) is 22.0. The van der Waals surface area contributed by atoms with Gasteiger partial charge in [-0.1, -0.05) is 12.1 Å². The molecule has 1 aromatic carbocycles. The molecule has 0 bridgehead atoms. The minimum absolute atomic E-state index is 0.898. The van der Waals surface area contributed by atoms with Crippen molar-refractivity contribution in [3.05, 3.63) is 29.8 Å². The summed E-state index contributed by atoms with van der Waals surface area (Å²) < 4.78 is 5.34. The highest BCUT2D eigenvalue weighted by Gasteiger charge is 2.08. The van der Waals surface area contributed by atoms with E-state index in [1.165, 1.54) is 23.4 Å². The standard InChI is InChI=1S/C15H24N2OS.C2H2O4/c1-19-15-5-3-14(4-6-15)13-16-7-2-8-17-9-11-18-12-10-17;3-1(4)2(5)6/h3-6,16H,2,7-13H2,1H3;(H,3,4)(H,5,6). The van der Waals surface area contributed by atoms with Gasteiger partial charge in [0.1, 0.15) is 0 Å². The van der Waals surface area contributed by atoms with Crippen LogP contribution in [0.25, 0.3) is 0 Å². The Labute approximate surface area is 152 Å². The second-order valence-electron chi connectivity index (χ2n) is 5.44. The molecule has 140 valence electrons. The molecule has 1 aliphatic heterocycles. The van der Waals surface area contributed by atoms with Crippen LogP contribution in [0.2, 0.25) is 0 Å². The van der Waals surface area contributed by atoms with Gasteiger partial charge in [-0.05, 0) is 43.5 Å². The third-order valence-electron chi connectivity index (χ3n) is 3.60. The number of carboxylic acid groups (broad SMARTS) is 2. The van der Waals surface area contributed by atoms with Gasteiger partial charge >= 0.3 is 11.9 Å². The van der Waals surface area contributed by atoms with E-state index in [1.54, 1.807) is 11.8 Å². The number of thioether (sulfide) groups is 1. The normalized spacial score (nSPS) is 14.4. The Kier molecular flexibility index (Phi) is 10.9. The van der Waals surface area contributed by atoms with Crippen LogP contribution < -0.4 is 5.32 Å². The van der Waals surface area contributed by atoms with E-state index in [-0.39, 0.29) is 0 Å². The second kappa shape index (κ2) is 12.7. The molecule has 0 unspecified atom stereocenters. The van der Waals surface area contributed by atoms with Gasteiger partial charge in [0.25, 0.3) is 0 Å². The lowest BCUT2D eigenvalue weighted by molar-refractivity contribution is -0.159. The molecule has 0 atom stereocenters. The zero-order valence-electron chi connectivity index (χ0n) is 14.4. The smallest absolute Gasteiger partial charge is 0.414 e. The van der Waals surface area contributed by atoms with Crippen molar-refractivity contribution in [2.45, 2.75) is 17.9 Å². The minimum Gasteiger partial charge on any atom is -0.473 e. The Morgan fingerprint density at radius 1 is 1.16 bits per heavy atom. The number of nitrogens with one attached hydrogen (secondary N) is 1. The van der Waals surface area contributed by atoms with Gasteiger partial charge in [0.15, 0.2) is 0 Å². The SMILES string of the molecule is CSc1ccc(CNCCCN2CCOCC2)cc1.O=C(O)C(=O)O. The van der Waals surface area contributed by atoms with Gasteiger partial charge in [0.2, 0.25) is 0 Å². The summed E-state index contributed by atoms with van der Waals surface area (Å²) in [6.45, 7) is 7.22. The van der Waals surface area contributed by atoms with Crippen molar-refractivity contribution in [2.75, 3.05) is 45.6 Å². The number of hydrogen-bond acceptors (Lipinski definition) is 6. The van der Waals surface area contributed by atoms with Crippen LogP contribution >= 0.6 is 11.8 Å². The predicted octanol–water partition coefficient (Wildman–Crippen LogP) is 1.38. The van der Waals surface area contributed by atoms with Crippen LogP contribution in [0.15, 0.2) is 29.2 Å². The summed E-state index contributed by atoms with van der Waals surface area (Å²) in [5.41, 5.74) is 1.36. The molecule has 0 radical (unpaired) electrons. The molecule has 0 spiro atoms. The Bertz CT molecular complexity index is 506. The number of hydrogen-bond donors (Lipinski definition) is 3. The van der Waals surface area contributed by atoms with Gasteiger partial charge in [-0.25, -0.2) is 9.59 Å². The summed E-state index contributed by atoms with van der Waals surface area (Å²) in [6, 6.07) is 8.80. The first-order valence-electron chi connectivity index (χ1n) is 8.13. The van der Waals surface area contributed by atoms with E-state index in [0.29, 0.717) is 0 Å². The maximum absolute atomic E-state index is 9.10. The average Bonchev–Trinajstić information content (AvgIpc) is 2.63. The molecule has 1 saturated heterocycles. The third-order valence-corrected chi connectivity index (χ3v) is 4.35. The topological polar surface area (TPSA) is 99.1 Å². The molecular weight excluding hydrogens is 344 g/mol. The summed E-state index contributed by atoms with van der Waals surface area (Å²) >= 11 is 1.79. The molecule has 1 fully saturated rings. The molecular formula is C17H26N2O5S. The van der Waals surface area contributed by atoms with E-state index >= 15 is 0 Å². The van der Waals surface area contributed by atoms with Crippen LogP contribution in [0, 0.1) is 0 Å². The summed E-state index contributed by atoms with van der Waals surface area (Å²) in [5.74, 6) is -3.65. The van der Waals surface area contributed by atoms with Crippen LogP contribution in [0.4, 0.5) is 0 Å². The molecule has 1 aromatic rings. The van der Waals surface area contributed by atoms with Crippen LogP contribution in [0.5, 0.6) is 0 Å². The molecule has 0 aliphatic carbocycles. The first-order valence-corrected chi connectivity index (χ1v) is 9.35. The zero-order valence-corrected chi connectivity index (χ0v) is 15.3. The Balaban J connectivity index is 0.000000450. The first kappa shape index (κ1) is 21.4. The van der Waals surface area contributed by atoms with Crippen molar-refractivity contribution < 1.29 is 24.5 Å². The van der Waals surface area contributed by atoms with Crippen LogP contribution in [0.3, 0.4) is 0 Å². The van der Waals surface area contributed by atoms with Gasteiger partial charge in [-0.3, -0.25) is 4.90 Å². The molecule has 7 nitrogen and oxygen atoms in total. The van der Waals surface area contributed by atoms with Crippen molar-refractivity contribution in [1.82, 2.24) is 10.2 Å². The van der Waals surface area contributed by atoms with Gasteiger partial charge in [-0.2, -0.15) is 0 Å². The van der Waals surface area contributed by atoms with Crippen molar-refractivity contribution in [3.63, 3.8) is 0 Å². The van der Waals surface area contributed by atoms with E-state index in [2.05, 4.69) is 40.7 Å². The second-order valence-corrected chi connectivity index (χ2v) is 6.32. The molecule has 1 aliphatic rings. The van der Waals surface area contributed by atoms with Crippen LogP contribution in [-0.4, -0.2) is 72.7 Å². The van der Waals surface area contributed by atoms with E-state index in [9.17, 15) is 0 Å². The molecule has 0 aromatic heterocycles. The number of nitrogens with zero attached hydrogens (tertiary/aromatic N) is 1. The van der Waals surface area contributed by atoms with Crippen molar-refractivity contribution in [2.24, 2.45) is 0 Å². The lowest BCUT2D eigenvalue weighted by Gasteiger charge is -2.26. The predicted molar refractivity (Wildman–Crippen MR) is 97.1 cm³/mol. The largest absolute Gasteiger partial charge is 0.473 e. The maximum Gasteiger partial charge on any atom is 0.414 e. The Morgan fingerprint density at radius 3 is 2.28 bits per heavy atom. The summed E-state index contributed by atoms with van der Waals surface area (Å²) in [6.07, 6.45) is 3.32. The van der Waals surface area contributed by atoms with Gasteiger partial charge in [-0.15, -0.1) is 11.8 Å². The molecule has 3 N–H and O–H groups in total. The monoisotopic (exact) mass is 370 g/mol. The van der Waals surface area contributed by atoms with E-state index in [4.69, 9.17) is 24.5 Å². The number of ether oxygens (including phenoxy) is 1. The first-order chi connectivity index (χ1) is 12.0. The quantitative estimate of drug-likeness (QED) is 0.376.